The Labute approximate surface area is 97.9 Å². The number of hydrogen-bond acceptors (Lipinski definition) is 2. The van der Waals surface area contributed by atoms with Crippen molar-refractivity contribution < 1.29 is 4.39 Å². The van der Waals surface area contributed by atoms with Crippen molar-refractivity contribution in [2.45, 2.75) is 26.3 Å². The first-order valence-electron chi connectivity index (χ1n) is 5.77. The van der Waals surface area contributed by atoms with E-state index >= 15 is 0 Å². The standard InChI is InChI=1S/C13H13FN2O/c1-7(2)8-6-16-11(17)4-3-10-13(16)12(8)9(14)5-15-10/h3-5,7-8H,6H2,1-2H3. The molecular weight excluding hydrogens is 219 g/mol. The molecule has 4 heteroatoms. The Morgan fingerprint density at radius 3 is 2.94 bits per heavy atom. The third-order valence-corrected chi connectivity index (χ3v) is 3.55. The fourth-order valence-corrected chi connectivity index (χ4v) is 2.63. The summed E-state index contributed by atoms with van der Waals surface area (Å²) in [5.74, 6) is 0.0676. The van der Waals surface area contributed by atoms with E-state index in [0.717, 1.165) is 0 Å². The summed E-state index contributed by atoms with van der Waals surface area (Å²) in [6.07, 6.45) is 1.26. The molecule has 0 saturated carbocycles. The topological polar surface area (TPSA) is 34.9 Å². The molecule has 0 spiro atoms. The van der Waals surface area contributed by atoms with Crippen molar-refractivity contribution in [3.05, 3.63) is 40.1 Å². The Kier molecular flexibility index (Phi) is 2.08. The Bertz CT molecular complexity index is 660. The minimum Gasteiger partial charge on any atom is -0.306 e. The van der Waals surface area contributed by atoms with E-state index < -0.39 is 0 Å². The van der Waals surface area contributed by atoms with Crippen LogP contribution in [0.25, 0.3) is 11.0 Å². The molecule has 0 fully saturated rings. The van der Waals surface area contributed by atoms with Crippen molar-refractivity contribution >= 4 is 11.0 Å². The maximum Gasteiger partial charge on any atom is 0.251 e. The van der Waals surface area contributed by atoms with Crippen molar-refractivity contribution in [3.63, 3.8) is 0 Å². The van der Waals surface area contributed by atoms with Gasteiger partial charge in [0.25, 0.3) is 5.56 Å². The molecule has 0 N–H and O–H groups in total. The van der Waals surface area contributed by atoms with E-state index in [-0.39, 0.29) is 17.3 Å². The first kappa shape index (κ1) is 10.4. The molecule has 1 aliphatic heterocycles. The molecule has 3 nitrogen and oxygen atoms in total. The van der Waals surface area contributed by atoms with Crippen LogP contribution < -0.4 is 5.56 Å². The summed E-state index contributed by atoms with van der Waals surface area (Å²) in [6, 6.07) is 3.17. The van der Waals surface area contributed by atoms with Crippen molar-refractivity contribution in [3.8, 4) is 0 Å². The van der Waals surface area contributed by atoms with Gasteiger partial charge < -0.3 is 4.57 Å². The molecule has 2 aromatic heterocycles. The second kappa shape index (κ2) is 3.39. The number of nitrogens with zero attached hydrogens (tertiary/aromatic N) is 2. The summed E-state index contributed by atoms with van der Waals surface area (Å²) in [7, 11) is 0. The van der Waals surface area contributed by atoms with Crippen LogP contribution in [-0.4, -0.2) is 9.55 Å². The molecule has 3 rings (SSSR count). The van der Waals surface area contributed by atoms with Crippen LogP contribution in [0, 0.1) is 11.7 Å². The van der Waals surface area contributed by atoms with E-state index in [1.807, 2.05) is 13.8 Å². The van der Waals surface area contributed by atoms with Crippen LogP contribution in [0.1, 0.15) is 25.3 Å². The van der Waals surface area contributed by atoms with Crippen molar-refractivity contribution in [2.24, 2.45) is 5.92 Å². The van der Waals surface area contributed by atoms with Gasteiger partial charge in [0.1, 0.15) is 5.82 Å². The van der Waals surface area contributed by atoms with E-state index in [9.17, 15) is 9.18 Å². The average Bonchev–Trinajstić information content (AvgIpc) is 2.69. The van der Waals surface area contributed by atoms with Gasteiger partial charge in [-0.2, -0.15) is 0 Å². The summed E-state index contributed by atoms with van der Waals surface area (Å²) in [6.45, 7) is 4.66. The lowest BCUT2D eigenvalue weighted by Crippen LogP contribution is -2.18. The highest BCUT2D eigenvalue weighted by Crippen LogP contribution is 2.37. The van der Waals surface area contributed by atoms with Crippen LogP contribution in [0.2, 0.25) is 0 Å². The van der Waals surface area contributed by atoms with Crippen LogP contribution in [0.5, 0.6) is 0 Å². The smallest absolute Gasteiger partial charge is 0.251 e. The number of aromatic nitrogens is 2. The highest BCUT2D eigenvalue weighted by atomic mass is 19.1. The van der Waals surface area contributed by atoms with Gasteiger partial charge in [-0.3, -0.25) is 9.78 Å². The molecule has 17 heavy (non-hydrogen) atoms. The summed E-state index contributed by atoms with van der Waals surface area (Å²) >= 11 is 0. The van der Waals surface area contributed by atoms with Gasteiger partial charge in [0.15, 0.2) is 0 Å². The van der Waals surface area contributed by atoms with Crippen molar-refractivity contribution in [2.75, 3.05) is 0 Å². The lowest BCUT2D eigenvalue weighted by molar-refractivity contribution is 0.447. The normalized spacial score (nSPS) is 18.2. The largest absolute Gasteiger partial charge is 0.306 e. The summed E-state index contributed by atoms with van der Waals surface area (Å²) in [5.41, 5.74) is 1.96. The third-order valence-electron chi connectivity index (χ3n) is 3.55. The Morgan fingerprint density at radius 1 is 1.47 bits per heavy atom. The van der Waals surface area contributed by atoms with Gasteiger partial charge >= 0.3 is 0 Å². The van der Waals surface area contributed by atoms with Gasteiger partial charge in [0.2, 0.25) is 0 Å². The highest BCUT2D eigenvalue weighted by Gasteiger charge is 2.30. The van der Waals surface area contributed by atoms with Gasteiger partial charge in [0, 0.05) is 24.1 Å². The van der Waals surface area contributed by atoms with E-state index in [0.29, 0.717) is 29.1 Å². The van der Waals surface area contributed by atoms with E-state index in [4.69, 9.17) is 0 Å². The Balaban J connectivity index is 2.44. The Morgan fingerprint density at radius 2 is 2.24 bits per heavy atom. The molecule has 0 bridgehead atoms. The second-order valence-corrected chi connectivity index (χ2v) is 4.89. The zero-order valence-electron chi connectivity index (χ0n) is 9.77. The molecule has 0 amide bonds. The Hall–Kier alpha value is -1.71. The second-order valence-electron chi connectivity index (χ2n) is 4.89. The number of hydrogen-bond donors (Lipinski definition) is 0. The van der Waals surface area contributed by atoms with Crippen LogP contribution in [0.4, 0.5) is 4.39 Å². The highest BCUT2D eigenvalue weighted by molar-refractivity contribution is 5.80. The minimum absolute atomic E-state index is 0.0654. The predicted molar refractivity (Wildman–Crippen MR) is 63.5 cm³/mol. The molecule has 1 atom stereocenters. The first-order valence-corrected chi connectivity index (χ1v) is 5.77. The molecule has 0 radical (unpaired) electrons. The van der Waals surface area contributed by atoms with Gasteiger partial charge in [-0.15, -0.1) is 0 Å². The summed E-state index contributed by atoms with van der Waals surface area (Å²) in [4.78, 5) is 15.8. The zero-order valence-corrected chi connectivity index (χ0v) is 9.77. The molecule has 88 valence electrons. The van der Waals surface area contributed by atoms with Gasteiger partial charge in [-0.25, -0.2) is 4.39 Å². The van der Waals surface area contributed by atoms with Crippen LogP contribution >= 0.6 is 0 Å². The maximum atomic E-state index is 13.9. The van der Waals surface area contributed by atoms with E-state index in [1.54, 1.807) is 10.6 Å². The molecule has 0 aromatic carbocycles. The zero-order chi connectivity index (χ0) is 12.2. The number of pyridine rings is 2. The lowest BCUT2D eigenvalue weighted by atomic mass is 9.90. The van der Waals surface area contributed by atoms with Gasteiger partial charge in [-0.1, -0.05) is 13.8 Å². The summed E-state index contributed by atoms with van der Waals surface area (Å²) in [5, 5.41) is 0. The van der Waals surface area contributed by atoms with Gasteiger partial charge in [0.05, 0.1) is 17.2 Å². The fraction of sp³-hybridized carbons (Fsp3) is 0.385. The molecule has 1 aliphatic rings. The number of rotatable bonds is 1. The monoisotopic (exact) mass is 232 g/mol. The molecular formula is C13H13FN2O. The molecule has 3 heterocycles. The molecule has 0 saturated heterocycles. The van der Waals surface area contributed by atoms with Crippen molar-refractivity contribution in [1.29, 1.82) is 0 Å². The average molecular weight is 232 g/mol. The predicted octanol–water partition coefficient (Wildman–Crippen LogP) is 2.29. The van der Waals surface area contributed by atoms with Crippen LogP contribution in [0.3, 0.4) is 0 Å². The third kappa shape index (κ3) is 1.33. The van der Waals surface area contributed by atoms with Gasteiger partial charge in [-0.05, 0) is 12.0 Å². The quantitative estimate of drug-likeness (QED) is 0.756. The summed E-state index contributed by atoms with van der Waals surface area (Å²) < 4.78 is 15.6. The van der Waals surface area contributed by atoms with E-state index in [2.05, 4.69) is 4.98 Å². The van der Waals surface area contributed by atoms with Crippen molar-refractivity contribution in [1.82, 2.24) is 9.55 Å². The first-order chi connectivity index (χ1) is 8.09. The SMILES string of the molecule is CC(C)C1Cn2c(=O)ccc3ncc(F)c1c32. The number of halogens is 1. The minimum atomic E-state index is -0.298. The molecule has 2 aromatic rings. The van der Waals surface area contributed by atoms with Crippen LogP contribution in [-0.2, 0) is 6.54 Å². The van der Waals surface area contributed by atoms with E-state index in [1.165, 1.54) is 12.3 Å². The molecule has 1 unspecified atom stereocenters. The maximum absolute atomic E-state index is 13.9. The molecule has 0 aliphatic carbocycles. The van der Waals surface area contributed by atoms with Crippen LogP contribution in [0.15, 0.2) is 23.1 Å². The lowest BCUT2D eigenvalue weighted by Gasteiger charge is -2.14. The fourth-order valence-electron chi connectivity index (χ4n) is 2.63.